The molecule has 0 saturated carbocycles. The van der Waals surface area contributed by atoms with Crippen molar-refractivity contribution in [3.63, 3.8) is 0 Å². The number of nitrogens with zero attached hydrogens (tertiary/aromatic N) is 1. The number of methoxy groups -OCH3 is 1. The fraction of sp³-hybridized carbons (Fsp3) is 0.579. The van der Waals surface area contributed by atoms with E-state index in [1.807, 2.05) is 4.90 Å². The molecule has 6 heteroatoms. The van der Waals surface area contributed by atoms with Gasteiger partial charge >= 0.3 is 0 Å². The highest BCUT2D eigenvalue weighted by Gasteiger charge is 2.44. The van der Waals surface area contributed by atoms with E-state index in [0.29, 0.717) is 12.8 Å². The van der Waals surface area contributed by atoms with Crippen molar-refractivity contribution in [2.45, 2.75) is 56.7 Å². The molecule has 2 saturated heterocycles. The average Bonchev–Trinajstić information content (AvgIpc) is 2.88. The van der Waals surface area contributed by atoms with Crippen molar-refractivity contribution in [2.75, 3.05) is 13.7 Å². The first-order valence-electron chi connectivity index (χ1n) is 8.92. The van der Waals surface area contributed by atoms with Crippen LogP contribution in [0.25, 0.3) is 0 Å². The highest BCUT2D eigenvalue weighted by molar-refractivity contribution is 5.80. The van der Waals surface area contributed by atoms with Crippen molar-refractivity contribution in [2.24, 2.45) is 0 Å². The molecule has 136 valence electrons. The van der Waals surface area contributed by atoms with E-state index in [4.69, 9.17) is 4.74 Å². The molecule has 0 bridgehead atoms. The summed E-state index contributed by atoms with van der Waals surface area (Å²) < 4.78 is 18.2. The Bertz CT molecular complexity index is 620. The van der Waals surface area contributed by atoms with Gasteiger partial charge in [-0.25, -0.2) is 4.39 Å². The summed E-state index contributed by atoms with van der Waals surface area (Å²) in [5.74, 6) is -0.246. The summed E-state index contributed by atoms with van der Waals surface area (Å²) in [5, 5.41) is 3.10. The lowest BCUT2D eigenvalue weighted by molar-refractivity contribution is -0.139. The summed E-state index contributed by atoms with van der Waals surface area (Å²) in [6.45, 7) is 0.0388. The van der Waals surface area contributed by atoms with Gasteiger partial charge in [0.15, 0.2) is 0 Å². The second-order valence-electron chi connectivity index (χ2n) is 6.94. The number of benzene rings is 1. The van der Waals surface area contributed by atoms with Gasteiger partial charge in [-0.2, -0.15) is 0 Å². The Morgan fingerprint density at radius 1 is 1.32 bits per heavy atom. The normalized spacial score (nSPS) is 26.6. The molecule has 3 atom stereocenters. The molecule has 2 heterocycles. The van der Waals surface area contributed by atoms with Crippen LogP contribution in [-0.4, -0.2) is 48.6 Å². The molecule has 2 amide bonds. The van der Waals surface area contributed by atoms with Crippen LogP contribution in [0, 0.1) is 5.82 Å². The van der Waals surface area contributed by atoms with Crippen molar-refractivity contribution in [1.29, 1.82) is 0 Å². The molecule has 3 rings (SSSR count). The van der Waals surface area contributed by atoms with Crippen molar-refractivity contribution < 1.29 is 18.7 Å². The molecule has 0 radical (unpaired) electrons. The summed E-state index contributed by atoms with van der Waals surface area (Å²) in [7, 11) is 1.51. The maximum absolute atomic E-state index is 13.2. The molecule has 5 nitrogen and oxygen atoms in total. The lowest BCUT2D eigenvalue weighted by Crippen LogP contribution is -2.49. The van der Waals surface area contributed by atoms with Gasteiger partial charge in [-0.15, -0.1) is 0 Å². The van der Waals surface area contributed by atoms with Crippen molar-refractivity contribution in [3.05, 3.63) is 35.6 Å². The molecule has 2 aliphatic rings. The molecule has 2 fully saturated rings. The van der Waals surface area contributed by atoms with Crippen LogP contribution in [0.3, 0.4) is 0 Å². The standard InChI is InChI=1S/C19H25FN2O3/c1-25-12-19(24)22-15(10-13-6-8-14(20)9-7-13)11-16-17(22)4-2-3-5-18(23)21-16/h6-9,15-17H,2-5,10-12H2,1H3,(H,21,23)/t15-,16+,17-/m1/s1. The fourth-order valence-electron chi connectivity index (χ4n) is 4.10. The van der Waals surface area contributed by atoms with E-state index in [9.17, 15) is 14.0 Å². The average molecular weight is 348 g/mol. The van der Waals surface area contributed by atoms with Crippen LogP contribution in [0.4, 0.5) is 4.39 Å². The number of nitrogens with one attached hydrogen (secondary N) is 1. The van der Waals surface area contributed by atoms with Crippen LogP contribution in [0.15, 0.2) is 24.3 Å². The van der Waals surface area contributed by atoms with Crippen LogP contribution >= 0.6 is 0 Å². The molecular weight excluding hydrogens is 323 g/mol. The van der Waals surface area contributed by atoms with E-state index in [0.717, 1.165) is 31.2 Å². The molecule has 2 aliphatic heterocycles. The minimum absolute atomic E-state index is 0.0114. The van der Waals surface area contributed by atoms with E-state index < -0.39 is 0 Å². The topological polar surface area (TPSA) is 58.6 Å². The van der Waals surface area contributed by atoms with Crippen LogP contribution < -0.4 is 5.32 Å². The summed E-state index contributed by atoms with van der Waals surface area (Å²) in [6, 6.07) is 6.38. The summed E-state index contributed by atoms with van der Waals surface area (Å²) >= 11 is 0. The van der Waals surface area contributed by atoms with Gasteiger partial charge in [0.05, 0.1) is 12.1 Å². The molecule has 1 aromatic rings. The molecule has 0 aliphatic carbocycles. The number of fused-ring (bicyclic) bond motifs is 1. The van der Waals surface area contributed by atoms with E-state index >= 15 is 0 Å². The number of carbonyl (C=O) groups excluding carboxylic acids is 2. The lowest BCUT2D eigenvalue weighted by Gasteiger charge is -2.33. The minimum Gasteiger partial charge on any atom is -0.375 e. The Hall–Kier alpha value is -1.95. The fourth-order valence-corrected chi connectivity index (χ4v) is 4.10. The van der Waals surface area contributed by atoms with Gasteiger partial charge in [0.1, 0.15) is 12.4 Å². The van der Waals surface area contributed by atoms with E-state index in [-0.39, 0.29) is 42.4 Å². The van der Waals surface area contributed by atoms with Crippen LogP contribution in [-0.2, 0) is 20.7 Å². The number of carbonyl (C=O) groups is 2. The predicted octanol–water partition coefficient (Wildman–Crippen LogP) is 2.04. The Morgan fingerprint density at radius 2 is 2.08 bits per heavy atom. The number of hydrogen-bond acceptors (Lipinski definition) is 3. The molecular formula is C19H25FN2O3. The van der Waals surface area contributed by atoms with Gasteiger partial charge < -0.3 is 15.0 Å². The molecule has 0 unspecified atom stereocenters. The van der Waals surface area contributed by atoms with Crippen molar-refractivity contribution in [3.8, 4) is 0 Å². The maximum Gasteiger partial charge on any atom is 0.249 e. The zero-order valence-electron chi connectivity index (χ0n) is 14.5. The molecule has 1 N–H and O–H groups in total. The summed E-state index contributed by atoms with van der Waals surface area (Å²) in [6.07, 6.45) is 4.61. The Balaban J connectivity index is 1.82. The number of likely N-dealkylation sites (tertiary alicyclic amines) is 1. The third-order valence-corrected chi connectivity index (χ3v) is 5.18. The van der Waals surface area contributed by atoms with Crippen molar-refractivity contribution >= 4 is 11.8 Å². The predicted molar refractivity (Wildman–Crippen MR) is 91.4 cm³/mol. The zero-order chi connectivity index (χ0) is 17.8. The number of rotatable bonds is 4. The van der Waals surface area contributed by atoms with E-state index in [1.165, 1.54) is 19.2 Å². The summed E-state index contributed by atoms with van der Waals surface area (Å²) in [4.78, 5) is 26.6. The SMILES string of the molecule is COCC(=O)N1[C@H](Cc2ccc(F)cc2)C[C@@H]2NC(=O)CCCC[C@H]21. The van der Waals surface area contributed by atoms with Crippen LogP contribution in [0.1, 0.15) is 37.7 Å². The number of halogens is 1. The van der Waals surface area contributed by atoms with Crippen LogP contribution in [0.2, 0.25) is 0 Å². The lowest BCUT2D eigenvalue weighted by atomic mass is 9.97. The first-order chi connectivity index (χ1) is 12.1. The number of amides is 2. The first-order valence-corrected chi connectivity index (χ1v) is 8.92. The number of hydrogen-bond donors (Lipinski definition) is 1. The Kier molecular flexibility index (Phi) is 5.68. The van der Waals surface area contributed by atoms with Gasteiger partial charge in [-0.1, -0.05) is 18.6 Å². The van der Waals surface area contributed by atoms with Gasteiger partial charge in [0.2, 0.25) is 11.8 Å². The van der Waals surface area contributed by atoms with E-state index in [1.54, 1.807) is 12.1 Å². The monoisotopic (exact) mass is 348 g/mol. The number of ether oxygens (including phenoxy) is 1. The quantitative estimate of drug-likeness (QED) is 0.906. The minimum atomic E-state index is -0.267. The zero-order valence-corrected chi connectivity index (χ0v) is 14.5. The second kappa shape index (κ2) is 7.95. The van der Waals surface area contributed by atoms with Crippen LogP contribution in [0.5, 0.6) is 0 Å². The molecule has 1 aromatic carbocycles. The third-order valence-electron chi connectivity index (χ3n) is 5.18. The maximum atomic E-state index is 13.2. The third kappa shape index (κ3) is 4.18. The highest BCUT2D eigenvalue weighted by atomic mass is 19.1. The highest BCUT2D eigenvalue weighted by Crippen LogP contribution is 2.32. The smallest absolute Gasteiger partial charge is 0.249 e. The second-order valence-corrected chi connectivity index (χ2v) is 6.94. The Morgan fingerprint density at radius 3 is 2.80 bits per heavy atom. The summed E-state index contributed by atoms with van der Waals surface area (Å²) in [5.41, 5.74) is 0.988. The van der Waals surface area contributed by atoms with E-state index in [2.05, 4.69) is 5.32 Å². The molecule has 25 heavy (non-hydrogen) atoms. The van der Waals surface area contributed by atoms with Gasteiger partial charge in [0.25, 0.3) is 0 Å². The largest absolute Gasteiger partial charge is 0.375 e. The van der Waals surface area contributed by atoms with Gasteiger partial charge in [-0.3, -0.25) is 9.59 Å². The van der Waals surface area contributed by atoms with Gasteiger partial charge in [-0.05, 0) is 43.4 Å². The first kappa shape index (κ1) is 17.9. The molecule has 0 aromatic heterocycles. The van der Waals surface area contributed by atoms with Gasteiger partial charge in [0, 0.05) is 19.6 Å². The Labute approximate surface area is 147 Å². The molecule has 0 spiro atoms. The van der Waals surface area contributed by atoms with Crippen molar-refractivity contribution in [1.82, 2.24) is 10.2 Å².